The van der Waals surface area contributed by atoms with Crippen molar-refractivity contribution in [1.82, 2.24) is 20.1 Å². The number of pyridine rings is 1. The zero-order valence-corrected chi connectivity index (χ0v) is 26.3. The molecule has 3 aromatic rings. The van der Waals surface area contributed by atoms with E-state index in [9.17, 15) is 28.7 Å². The second kappa shape index (κ2) is 12.2. The summed E-state index contributed by atoms with van der Waals surface area (Å²) in [6.07, 6.45) is 6.16. The normalized spacial score (nSPS) is 24.5. The molecule has 238 valence electrons. The Morgan fingerprint density at radius 2 is 1.84 bits per heavy atom. The molecule has 3 atom stereocenters. The highest BCUT2D eigenvalue weighted by Crippen LogP contribution is 2.41. The van der Waals surface area contributed by atoms with E-state index in [4.69, 9.17) is 9.47 Å². The summed E-state index contributed by atoms with van der Waals surface area (Å²) >= 11 is 1.26. The quantitative estimate of drug-likeness (QED) is 0.325. The van der Waals surface area contributed by atoms with Gasteiger partial charge in [0.2, 0.25) is 11.8 Å². The summed E-state index contributed by atoms with van der Waals surface area (Å²) in [6, 6.07) is 7.35. The maximum atomic E-state index is 13.9. The van der Waals surface area contributed by atoms with Crippen molar-refractivity contribution in [2.45, 2.75) is 68.6 Å². The molecule has 45 heavy (non-hydrogen) atoms. The minimum absolute atomic E-state index is 0.0243. The van der Waals surface area contributed by atoms with Crippen LogP contribution in [0.3, 0.4) is 0 Å². The van der Waals surface area contributed by atoms with E-state index in [2.05, 4.69) is 10.3 Å². The van der Waals surface area contributed by atoms with Crippen molar-refractivity contribution < 1.29 is 38.2 Å². The standard InChI is InChI=1S/C31H35N4O8PS/c36-28(27-13-19-12-18(17-44(39,40)41)4-7-26(19)45-27)33-24-3-1-2-21-5-6-25(35(21)29(24)37)30(38)34-15-20(16-34)23-14-32-9-8-22(23)31-42-10-11-43-31/h4,7-9,12-14,20-21,24-25,31H,1-3,5-6,10-11,15-17H2,(H,33,36)(H2,39,40,41)/t21-,24-,25-/m0/s1. The van der Waals surface area contributed by atoms with E-state index >= 15 is 0 Å². The third-order valence-corrected chi connectivity index (χ3v) is 11.2. The number of hydrogen-bond acceptors (Lipinski definition) is 8. The van der Waals surface area contributed by atoms with Gasteiger partial charge in [-0.15, -0.1) is 11.3 Å². The molecule has 3 amide bonds. The van der Waals surface area contributed by atoms with Crippen molar-refractivity contribution in [3.8, 4) is 0 Å². The number of carbonyl (C=O) groups is 3. The average Bonchev–Trinajstić information content (AvgIpc) is 3.73. The van der Waals surface area contributed by atoms with Crippen LogP contribution in [0.25, 0.3) is 10.1 Å². The Morgan fingerprint density at radius 1 is 1.04 bits per heavy atom. The smallest absolute Gasteiger partial charge is 0.329 e. The van der Waals surface area contributed by atoms with Gasteiger partial charge in [-0.05, 0) is 72.9 Å². The lowest BCUT2D eigenvalue weighted by Crippen LogP contribution is -2.58. The molecule has 2 aromatic heterocycles. The number of fused-ring (bicyclic) bond motifs is 2. The van der Waals surface area contributed by atoms with Crippen LogP contribution in [-0.2, 0) is 29.8 Å². The SMILES string of the molecule is O=C(N[C@H]1CCC[C@H]2CC[C@@H](C(=O)N3CC(c4cnccc4C4OCCO4)C3)N2C1=O)c1cc2cc(CP(=O)(O)O)ccc2s1. The molecule has 0 unspecified atom stereocenters. The van der Waals surface area contributed by atoms with Crippen LogP contribution in [0.5, 0.6) is 0 Å². The molecule has 7 rings (SSSR count). The number of likely N-dealkylation sites (tertiary alicyclic amines) is 1. The second-order valence-electron chi connectivity index (χ2n) is 12.3. The molecule has 0 aliphatic carbocycles. The molecule has 1 aromatic carbocycles. The Bertz CT molecular complexity index is 1680. The monoisotopic (exact) mass is 654 g/mol. The molecule has 12 nitrogen and oxygen atoms in total. The molecule has 4 saturated heterocycles. The third kappa shape index (κ3) is 6.17. The molecular formula is C31H35N4O8PS. The first-order valence-corrected chi connectivity index (χ1v) is 17.9. The van der Waals surface area contributed by atoms with Crippen LogP contribution in [0.2, 0.25) is 0 Å². The minimum Gasteiger partial charge on any atom is -0.346 e. The largest absolute Gasteiger partial charge is 0.346 e. The van der Waals surface area contributed by atoms with Gasteiger partial charge in [0, 0.05) is 47.7 Å². The Morgan fingerprint density at radius 3 is 2.62 bits per heavy atom. The Labute approximate surface area is 263 Å². The van der Waals surface area contributed by atoms with E-state index < -0.39 is 26.0 Å². The fraction of sp³-hybridized carbons (Fsp3) is 0.484. The van der Waals surface area contributed by atoms with Crippen molar-refractivity contribution in [3.63, 3.8) is 0 Å². The summed E-state index contributed by atoms with van der Waals surface area (Å²) in [5.41, 5.74) is 2.45. The van der Waals surface area contributed by atoms with E-state index in [1.54, 1.807) is 35.4 Å². The van der Waals surface area contributed by atoms with Gasteiger partial charge in [0.05, 0.1) is 24.3 Å². The lowest BCUT2D eigenvalue weighted by atomic mass is 9.88. The summed E-state index contributed by atoms with van der Waals surface area (Å²) in [7, 11) is -4.22. The summed E-state index contributed by atoms with van der Waals surface area (Å²) < 4.78 is 23.6. The molecule has 6 heterocycles. The Kier molecular flexibility index (Phi) is 8.26. The maximum Gasteiger partial charge on any atom is 0.329 e. The van der Waals surface area contributed by atoms with E-state index in [-0.39, 0.29) is 35.8 Å². The van der Waals surface area contributed by atoms with Crippen molar-refractivity contribution in [3.05, 3.63) is 64.3 Å². The van der Waals surface area contributed by atoms with Gasteiger partial charge in [0.25, 0.3) is 5.91 Å². The van der Waals surface area contributed by atoms with Gasteiger partial charge >= 0.3 is 7.60 Å². The van der Waals surface area contributed by atoms with E-state index in [1.165, 1.54) is 11.3 Å². The van der Waals surface area contributed by atoms with Gasteiger partial charge < -0.3 is 34.4 Å². The molecule has 0 radical (unpaired) electrons. The molecule has 4 aliphatic heterocycles. The Hall–Kier alpha value is -3.19. The summed E-state index contributed by atoms with van der Waals surface area (Å²) in [4.78, 5) is 67.9. The van der Waals surface area contributed by atoms with Crippen LogP contribution in [-0.4, -0.2) is 86.7 Å². The lowest BCUT2D eigenvalue weighted by molar-refractivity contribution is -0.148. The number of carbonyl (C=O) groups excluding carboxylic acids is 3. The topological polar surface area (TPSA) is 159 Å². The highest BCUT2D eigenvalue weighted by Gasteiger charge is 2.48. The van der Waals surface area contributed by atoms with Crippen LogP contribution < -0.4 is 5.32 Å². The molecular weight excluding hydrogens is 619 g/mol. The number of amides is 3. The summed E-state index contributed by atoms with van der Waals surface area (Å²) in [6.45, 7) is 2.16. The van der Waals surface area contributed by atoms with Crippen LogP contribution in [0.15, 0.2) is 42.7 Å². The number of hydrogen-bond donors (Lipinski definition) is 3. The van der Waals surface area contributed by atoms with Crippen LogP contribution in [0.4, 0.5) is 0 Å². The highest BCUT2D eigenvalue weighted by molar-refractivity contribution is 7.50. The summed E-state index contributed by atoms with van der Waals surface area (Å²) in [5.74, 6) is -0.527. The van der Waals surface area contributed by atoms with E-state index in [0.29, 0.717) is 55.0 Å². The molecule has 0 spiro atoms. The maximum absolute atomic E-state index is 13.9. The van der Waals surface area contributed by atoms with Crippen LogP contribution in [0.1, 0.15) is 70.7 Å². The number of rotatable bonds is 7. The van der Waals surface area contributed by atoms with Gasteiger partial charge in [-0.25, -0.2) is 0 Å². The van der Waals surface area contributed by atoms with Crippen LogP contribution >= 0.6 is 18.9 Å². The second-order valence-corrected chi connectivity index (χ2v) is 15.0. The number of thiophene rings is 1. The number of nitrogens with one attached hydrogen (secondary N) is 1. The first-order valence-electron chi connectivity index (χ1n) is 15.3. The molecule has 0 bridgehead atoms. The molecule has 3 N–H and O–H groups in total. The van der Waals surface area contributed by atoms with E-state index in [1.807, 2.05) is 17.2 Å². The first kappa shape index (κ1) is 30.5. The van der Waals surface area contributed by atoms with Crippen molar-refractivity contribution in [1.29, 1.82) is 0 Å². The highest BCUT2D eigenvalue weighted by atomic mass is 32.1. The fourth-order valence-electron chi connectivity index (χ4n) is 7.08. The predicted octanol–water partition coefficient (Wildman–Crippen LogP) is 3.29. The minimum atomic E-state index is -4.22. The van der Waals surface area contributed by atoms with Crippen molar-refractivity contribution in [2.24, 2.45) is 0 Å². The van der Waals surface area contributed by atoms with E-state index in [0.717, 1.165) is 35.1 Å². The first-order chi connectivity index (χ1) is 21.6. The van der Waals surface area contributed by atoms with Gasteiger partial charge in [-0.3, -0.25) is 23.9 Å². The van der Waals surface area contributed by atoms with Crippen molar-refractivity contribution in [2.75, 3.05) is 26.3 Å². The zero-order valence-electron chi connectivity index (χ0n) is 24.5. The third-order valence-electron chi connectivity index (χ3n) is 9.26. The van der Waals surface area contributed by atoms with Crippen LogP contribution in [0, 0.1) is 0 Å². The van der Waals surface area contributed by atoms with Crippen molar-refractivity contribution >= 4 is 46.7 Å². The molecule has 14 heteroatoms. The zero-order chi connectivity index (χ0) is 31.3. The van der Waals surface area contributed by atoms with Gasteiger partial charge in [-0.1, -0.05) is 6.07 Å². The van der Waals surface area contributed by atoms with Gasteiger partial charge in [-0.2, -0.15) is 0 Å². The molecule has 4 fully saturated rings. The number of ether oxygens (including phenoxy) is 2. The fourth-order valence-corrected chi connectivity index (χ4v) is 8.70. The average molecular weight is 655 g/mol. The number of aromatic nitrogens is 1. The molecule has 4 aliphatic rings. The number of nitrogens with zero attached hydrogens (tertiary/aromatic N) is 3. The Balaban J connectivity index is 1.01. The summed E-state index contributed by atoms with van der Waals surface area (Å²) in [5, 5.41) is 3.64. The number of benzene rings is 1. The van der Waals surface area contributed by atoms with Gasteiger partial charge in [0.15, 0.2) is 6.29 Å². The predicted molar refractivity (Wildman–Crippen MR) is 165 cm³/mol. The van der Waals surface area contributed by atoms with Gasteiger partial charge in [0.1, 0.15) is 12.1 Å². The molecule has 0 saturated carbocycles. The lowest BCUT2D eigenvalue weighted by Gasteiger charge is -2.43.